The number of aromatic nitrogens is 1. The largest absolute Gasteiger partial charge is 0.452 e. The van der Waals surface area contributed by atoms with Gasteiger partial charge in [-0.05, 0) is 44.7 Å². The van der Waals surface area contributed by atoms with Gasteiger partial charge in [0, 0.05) is 11.1 Å². The van der Waals surface area contributed by atoms with Crippen molar-refractivity contribution in [2.24, 2.45) is 5.92 Å². The Bertz CT molecular complexity index is 883. The number of para-hydroxylation sites is 1. The van der Waals surface area contributed by atoms with Crippen LogP contribution in [0.4, 0.5) is 0 Å². The summed E-state index contributed by atoms with van der Waals surface area (Å²) in [5.41, 5.74) is 0.871. The fourth-order valence-corrected chi connectivity index (χ4v) is 2.89. The molecule has 6 nitrogen and oxygen atoms in total. The molecule has 0 bridgehead atoms. The Hall–Kier alpha value is -2.94. The summed E-state index contributed by atoms with van der Waals surface area (Å²) in [7, 11) is 0. The second-order valence-electron chi connectivity index (χ2n) is 6.54. The minimum atomic E-state index is -0.899. The molecule has 1 aromatic carbocycles. The number of hydrogen-bond acceptors (Lipinski definition) is 5. The third-order valence-electron chi connectivity index (χ3n) is 4.42. The molecule has 1 atom stereocenters. The van der Waals surface area contributed by atoms with Crippen molar-refractivity contribution in [3.05, 3.63) is 41.6 Å². The zero-order valence-corrected chi connectivity index (χ0v) is 14.2. The van der Waals surface area contributed by atoms with E-state index in [9.17, 15) is 14.9 Å². The van der Waals surface area contributed by atoms with Gasteiger partial charge >= 0.3 is 5.97 Å². The monoisotopic (exact) mass is 337 g/mol. The highest BCUT2D eigenvalue weighted by atomic mass is 16.5. The predicted octanol–water partition coefficient (Wildman–Crippen LogP) is 2.51. The molecular formula is C19H19N3O3. The second-order valence-corrected chi connectivity index (χ2v) is 6.54. The highest BCUT2D eigenvalue weighted by Crippen LogP contribution is 2.39. The highest BCUT2D eigenvalue weighted by molar-refractivity contribution is 6.04. The van der Waals surface area contributed by atoms with Gasteiger partial charge in [0.1, 0.15) is 5.54 Å². The Labute approximate surface area is 145 Å². The van der Waals surface area contributed by atoms with E-state index < -0.39 is 24.0 Å². The van der Waals surface area contributed by atoms with Crippen LogP contribution in [0.25, 0.3) is 10.9 Å². The van der Waals surface area contributed by atoms with Crippen LogP contribution < -0.4 is 5.32 Å². The summed E-state index contributed by atoms with van der Waals surface area (Å²) < 4.78 is 5.16. The van der Waals surface area contributed by atoms with Crippen molar-refractivity contribution in [2.75, 3.05) is 6.61 Å². The van der Waals surface area contributed by atoms with E-state index in [1.54, 1.807) is 26.0 Å². The Morgan fingerprint density at radius 1 is 1.40 bits per heavy atom. The number of nitriles is 1. The van der Waals surface area contributed by atoms with Crippen LogP contribution in [0.2, 0.25) is 0 Å². The lowest BCUT2D eigenvalue weighted by atomic mass is 9.98. The van der Waals surface area contributed by atoms with E-state index >= 15 is 0 Å². The van der Waals surface area contributed by atoms with Gasteiger partial charge in [-0.2, -0.15) is 5.26 Å². The molecule has 2 aromatic rings. The first-order chi connectivity index (χ1) is 11.9. The van der Waals surface area contributed by atoms with E-state index in [1.165, 1.54) is 0 Å². The summed E-state index contributed by atoms with van der Waals surface area (Å²) in [6, 6.07) is 11.1. The summed E-state index contributed by atoms with van der Waals surface area (Å²) in [5.74, 6) is -0.884. The van der Waals surface area contributed by atoms with E-state index in [0.29, 0.717) is 22.2 Å². The molecule has 0 saturated heterocycles. The minimum Gasteiger partial charge on any atom is -0.452 e. The van der Waals surface area contributed by atoms with Crippen LogP contribution in [0, 0.1) is 24.2 Å². The molecule has 0 radical (unpaired) electrons. The van der Waals surface area contributed by atoms with Crippen molar-refractivity contribution in [1.82, 2.24) is 10.3 Å². The Balaban J connectivity index is 1.69. The summed E-state index contributed by atoms with van der Waals surface area (Å²) in [6.07, 6.45) is 1.85. The van der Waals surface area contributed by atoms with Crippen molar-refractivity contribution in [1.29, 1.82) is 5.26 Å². The first-order valence-corrected chi connectivity index (χ1v) is 8.19. The molecule has 1 saturated carbocycles. The number of benzene rings is 1. The van der Waals surface area contributed by atoms with Gasteiger partial charge in [-0.15, -0.1) is 0 Å². The number of pyridine rings is 1. The maximum Gasteiger partial charge on any atom is 0.339 e. The number of nitrogens with zero attached hydrogens (tertiary/aromatic N) is 2. The number of ether oxygens (including phenoxy) is 1. The lowest BCUT2D eigenvalue weighted by molar-refractivity contribution is -0.125. The molecule has 1 aliphatic rings. The fourth-order valence-electron chi connectivity index (χ4n) is 2.89. The minimum absolute atomic E-state index is 0.170. The number of rotatable bonds is 5. The molecule has 6 heteroatoms. The molecule has 1 N–H and O–H groups in total. The van der Waals surface area contributed by atoms with E-state index in [0.717, 1.165) is 12.8 Å². The zero-order chi connectivity index (χ0) is 18.0. The first-order valence-electron chi connectivity index (χ1n) is 8.19. The predicted molar refractivity (Wildman–Crippen MR) is 91.6 cm³/mol. The molecule has 1 aromatic heterocycles. The normalized spacial score (nSPS) is 15.9. The Morgan fingerprint density at radius 2 is 2.12 bits per heavy atom. The highest BCUT2D eigenvalue weighted by Gasteiger charge is 2.43. The van der Waals surface area contributed by atoms with Crippen molar-refractivity contribution >= 4 is 22.8 Å². The third kappa shape index (κ3) is 3.61. The number of hydrogen-bond donors (Lipinski definition) is 1. The van der Waals surface area contributed by atoms with Crippen LogP contribution in [-0.4, -0.2) is 29.0 Å². The summed E-state index contributed by atoms with van der Waals surface area (Å²) in [5, 5.41) is 12.6. The van der Waals surface area contributed by atoms with Crippen molar-refractivity contribution in [3.8, 4) is 6.07 Å². The molecule has 1 heterocycles. The molecule has 25 heavy (non-hydrogen) atoms. The van der Waals surface area contributed by atoms with Crippen LogP contribution in [-0.2, 0) is 9.53 Å². The average molecular weight is 337 g/mol. The molecule has 3 rings (SSSR count). The summed E-state index contributed by atoms with van der Waals surface area (Å²) in [6.45, 7) is 3.08. The molecule has 0 unspecified atom stereocenters. The van der Waals surface area contributed by atoms with Gasteiger partial charge in [-0.1, -0.05) is 18.2 Å². The second kappa shape index (κ2) is 6.52. The van der Waals surface area contributed by atoms with Crippen LogP contribution in [0.5, 0.6) is 0 Å². The number of fused-ring (bicyclic) bond motifs is 1. The van der Waals surface area contributed by atoms with Crippen molar-refractivity contribution in [2.45, 2.75) is 32.2 Å². The number of carbonyl (C=O) groups excluding carboxylic acids is 2. The average Bonchev–Trinajstić information content (AvgIpc) is 3.44. The molecule has 1 amide bonds. The van der Waals surface area contributed by atoms with Crippen LogP contribution >= 0.6 is 0 Å². The molecular weight excluding hydrogens is 318 g/mol. The zero-order valence-electron chi connectivity index (χ0n) is 14.2. The first kappa shape index (κ1) is 16.9. The van der Waals surface area contributed by atoms with Gasteiger partial charge in [0.15, 0.2) is 6.61 Å². The number of esters is 1. The SMILES string of the molecule is Cc1cc(C(=O)OCC(=O)N[C@@](C)(C#N)C2CC2)c2ccccc2n1. The molecule has 0 aliphatic heterocycles. The number of carbonyl (C=O) groups is 2. The summed E-state index contributed by atoms with van der Waals surface area (Å²) >= 11 is 0. The quantitative estimate of drug-likeness (QED) is 0.846. The number of aryl methyl sites for hydroxylation is 1. The van der Waals surface area contributed by atoms with E-state index in [1.807, 2.05) is 18.2 Å². The van der Waals surface area contributed by atoms with Gasteiger partial charge in [0.25, 0.3) is 5.91 Å². The smallest absolute Gasteiger partial charge is 0.339 e. The van der Waals surface area contributed by atoms with Gasteiger partial charge in [0.2, 0.25) is 0 Å². The van der Waals surface area contributed by atoms with Gasteiger partial charge in [-0.25, -0.2) is 4.79 Å². The molecule has 1 fully saturated rings. The van der Waals surface area contributed by atoms with E-state index in [-0.39, 0.29) is 5.92 Å². The van der Waals surface area contributed by atoms with Crippen LogP contribution in [0.15, 0.2) is 30.3 Å². The van der Waals surface area contributed by atoms with Gasteiger partial charge in [0.05, 0.1) is 17.1 Å². The van der Waals surface area contributed by atoms with Gasteiger partial charge in [-0.3, -0.25) is 9.78 Å². The van der Waals surface area contributed by atoms with Crippen LogP contribution in [0.3, 0.4) is 0 Å². The van der Waals surface area contributed by atoms with E-state index in [4.69, 9.17) is 4.74 Å². The fraction of sp³-hybridized carbons (Fsp3) is 0.368. The Morgan fingerprint density at radius 3 is 2.80 bits per heavy atom. The molecule has 0 spiro atoms. The lowest BCUT2D eigenvalue weighted by Gasteiger charge is -2.22. The van der Waals surface area contributed by atoms with Gasteiger partial charge < -0.3 is 10.1 Å². The topological polar surface area (TPSA) is 92.1 Å². The maximum absolute atomic E-state index is 12.4. The Kier molecular flexibility index (Phi) is 4.41. The van der Waals surface area contributed by atoms with Crippen molar-refractivity contribution in [3.63, 3.8) is 0 Å². The number of nitrogens with one attached hydrogen (secondary N) is 1. The number of amides is 1. The maximum atomic E-state index is 12.4. The lowest BCUT2D eigenvalue weighted by Crippen LogP contribution is -2.48. The standard InChI is InChI=1S/C19H19N3O3/c1-12-9-15(14-5-3-4-6-16(14)21-12)18(24)25-10-17(23)22-19(2,11-20)13-7-8-13/h3-6,9,13H,7-8,10H2,1-2H3,(H,22,23)/t19-/m0/s1. The molecule has 1 aliphatic carbocycles. The van der Waals surface area contributed by atoms with E-state index in [2.05, 4.69) is 16.4 Å². The van der Waals surface area contributed by atoms with Crippen LogP contribution in [0.1, 0.15) is 35.8 Å². The summed E-state index contributed by atoms with van der Waals surface area (Å²) in [4.78, 5) is 28.8. The van der Waals surface area contributed by atoms with Crippen molar-refractivity contribution < 1.29 is 14.3 Å². The third-order valence-corrected chi connectivity index (χ3v) is 4.42. The molecule has 128 valence electrons.